The number of amides is 2. The average Bonchev–Trinajstić information content (AvgIpc) is 3.24. The van der Waals surface area contributed by atoms with E-state index in [1.807, 2.05) is 25.1 Å². The lowest BCUT2D eigenvalue weighted by Crippen LogP contribution is -2.38. The molecule has 2 N–H and O–H groups in total. The number of aryl methyl sites for hydroxylation is 1. The Labute approximate surface area is 135 Å². The third kappa shape index (κ3) is 3.71. The smallest absolute Gasteiger partial charge is 0.321 e. The zero-order valence-electron chi connectivity index (χ0n) is 13.3. The molecule has 0 bridgehead atoms. The van der Waals surface area contributed by atoms with Crippen molar-refractivity contribution in [3.63, 3.8) is 0 Å². The molecule has 122 valence electrons. The largest absolute Gasteiger partial charge is 0.445 e. The Morgan fingerprint density at radius 1 is 1.52 bits per heavy atom. The average molecular weight is 315 g/mol. The summed E-state index contributed by atoms with van der Waals surface area (Å²) in [6.07, 6.45) is 4.76. The van der Waals surface area contributed by atoms with E-state index in [9.17, 15) is 9.90 Å². The number of aliphatic hydroxyl groups is 1. The van der Waals surface area contributed by atoms with Gasteiger partial charge in [0, 0.05) is 24.8 Å². The molecule has 0 saturated heterocycles. The van der Waals surface area contributed by atoms with E-state index in [2.05, 4.69) is 10.3 Å². The van der Waals surface area contributed by atoms with Crippen molar-refractivity contribution in [1.29, 1.82) is 0 Å². The van der Waals surface area contributed by atoms with Crippen LogP contribution in [0, 0.1) is 12.8 Å². The van der Waals surface area contributed by atoms with Crippen LogP contribution in [0.2, 0.25) is 0 Å². The van der Waals surface area contributed by atoms with Crippen molar-refractivity contribution in [3.05, 3.63) is 36.2 Å². The molecule has 1 aliphatic carbocycles. The molecule has 23 heavy (non-hydrogen) atoms. The van der Waals surface area contributed by atoms with Crippen LogP contribution in [0.4, 0.5) is 10.5 Å². The molecule has 1 heterocycles. The fourth-order valence-electron chi connectivity index (χ4n) is 2.46. The third-order valence-electron chi connectivity index (χ3n) is 4.13. The highest BCUT2D eigenvalue weighted by Gasteiger charge is 2.31. The van der Waals surface area contributed by atoms with E-state index in [1.54, 1.807) is 13.2 Å². The Bertz CT molecular complexity index is 680. The summed E-state index contributed by atoms with van der Waals surface area (Å²) in [7, 11) is 1.69. The fraction of sp³-hybridized carbons (Fsp3) is 0.412. The number of anilines is 1. The van der Waals surface area contributed by atoms with Crippen LogP contribution in [0.15, 0.2) is 35.1 Å². The van der Waals surface area contributed by atoms with Gasteiger partial charge in [-0.05, 0) is 43.4 Å². The monoisotopic (exact) mass is 315 g/mol. The van der Waals surface area contributed by atoms with Crippen molar-refractivity contribution in [2.75, 3.05) is 18.9 Å². The van der Waals surface area contributed by atoms with Gasteiger partial charge in [-0.15, -0.1) is 0 Å². The first kappa shape index (κ1) is 15.6. The summed E-state index contributed by atoms with van der Waals surface area (Å²) in [6, 6.07) is 5.41. The molecule has 1 saturated carbocycles. The maximum absolute atomic E-state index is 12.3. The summed E-state index contributed by atoms with van der Waals surface area (Å²) in [5.41, 5.74) is 2.46. The van der Waals surface area contributed by atoms with Crippen LogP contribution < -0.4 is 5.32 Å². The number of nitrogens with one attached hydrogen (secondary N) is 1. The van der Waals surface area contributed by atoms with E-state index in [1.165, 1.54) is 11.2 Å². The Morgan fingerprint density at radius 2 is 2.30 bits per heavy atom. The predicted molar refractivity (Wildman–Crippen MR) is 87.1 cm³/mol. The summed E-state index contributed by atoms with van der Waals surface area (Å²) in [5, 5.41) is 12.8. The van der Waals surface area contributed by atoms with E-state index in [0.29, 0.717) is 24.0 Å². The summed E-state index contributed by atoms with van der Waals surface area (Å²) in [6.45, 7) is 2.27. The van der Waals surface area contributed by atoms with E-state index in [0.717, 1.165) is 24.0 Å². The number of hydrogen-bond donors (Lipinski definition) is 2. The Hall–Kier alpha value is -2.34. The quantitative estimate of drug-likeness (QED) is 0.889. The molecule has 1 aromatic heterocycles. The van der Waals surface area contributed by atoms with Gasteiger partial charge in [0.15, 0.2) is 0 Å². The normalized spacial score (nSPS) is 15.3. The molecule has 1 atom stereocenters. The van der Waals surface area contributed by atoms with Crippen LogP contribution in [-0.4, -0.2) is 40.7 Å². The van der Waals surface area contributed by atoms with Crippen LogP contribution in [0.3, 0.4) is 0 Å². The Kier molecular flexibility index (Phi) is 4.34. The van der Waals surface area contributed by atoms with Gasteiger partial charge in [-0.2, -0.15) is 0 Å². The van der Waals surface area contributed by atoms with Crippen molar-refractivity contribution >= 4 is 11.7 Å². The van der Waals surface area contributed by atoms with Crippen LogP contribution in [0.5, 0.6) is 0 Å². The van der Waals surface area contributed by atoms with E-state index in [4.69, 9.17) is 4.42 Å². The number of likely N-dealkylation sites (N-methyl/N-ethyl adjacent to an activating group) is 1. The molecule has 1 unspecified atom stereocenters. The Morgan fingerprint density at radius 3 is 2.96 bits per heavy atom. The summed E-state index contributed by atoms with van der Waals surface area (Å²) in [4.78, 5) is 17.9. The van der Waals surface area contributed by atoms with Gasteiger partial charge in [-0.3, -0.25) is 0 Å². The molecule has 1 aromatic carbocycles. The number of carbonyl (C=O) groups excluding carboxylic acids is 1. The van der Waals surface area contributed by atoms with Crippen molar-refractivity contribution in [2.45, 2.75) is 25.9 Å². The fourth-order valence-corrected chi connectivity index (χ4v) is 2.46. The lowest BCUT2D eigenvalue weighted by molar-refractivity contribution is 0.117. The lowest BCUT2D eigenvalue weighted by atomic mass is 10.1. The van der Waals surface area contributed by atoms with E-state index in [-0.39, 0.29) is 6.03 Å². The number of aliphatic hydroxyl groups excluding tert-OH is 1. The molecular weight excluding hydrogens is 294 g/mol. The van der Waals surface area contributed by atoms with Crippen LogP contribution >= 0.6 is 0 Å². The number of oxazole rings is 1. The van der Waals surface area contributed by atoms with Crippen molar-refractivity contribution < 1.29 is 14.3 Å². The highest BCUT2D eigenvalue weighted by molar-refractivity contribution is 5.90. The Balaban J connectivity index is 1.68. The van der Waals surface area contributed by atoms with Gasteiger partial charge in [-0.25, -0.2) is 9.78 Å². The molecule has 2 aromatic rings. The molecule has 3 rings (SSSR count). The highest BCUT2D eigenvalue weighted by Crippen LogP contribution is 2.32. The lowest BCUT2D eigenvalue weighted by Gasteiger charge is -2.22. The van der Waals surface area contributed by atoms with Crippen LogP contribution in [0.1, 0.15) is 18.4 Å². The molecule has 0 radical (unpaired) electrons. The molecule has 0 spiro atoms. The second kappa shape index (κ2) is 6.42. The van der Waals surface area contributed by atoms with E-state index < -0.39 is 6.10 Å². The van der Waals surface area contributed by atoms with E-state index >= 15 is 0 Å². The number of urea groups is 1. The van der Waals surface area contributed by atoms with Gasteiger partial charge in [0.25, 0.3) is 0 Å². The van der Waals surface area contributed by atoms with Gasteiger partial charge in [-0.1, -0.05) is 6.07 Å². The van der Waals surface area contributed by atoms with Crippen molar-refractivity contribution in [3.8, 4) is 11.5 Å². The molecule has 6 heteroatoms. The number of nitrogens with zero attached hydrogens (tertiary/aromatic N) is 2. The maximum atomic E-state index is 12.3. The van der Waals surface area contributed by atoms with Crippen LogP contribution in [0.25, 0.3) is 11.5 Å². The number of aromatic nitrogens is 1. The molecule has 6 nitrogen and oxygen atoms in total. The summed E-state index contributed by atoms with van der Waals surface area (Å²) < 4.78 is 5.29. The first-order valence-electron chi connectivity index (χ1n) is 7.75. The first-order chi connectivity index (χ1) is 11.0. The molecule has 0 aliphatic heterocycles. The number of benzene rings is 1. The molecular formula is C17H21N3O3. The van der Waals surface area contributed by atoms with Crippen molar-refractivity contribution in [2.24, 2.45) is 5.92 Å². The number of carbonyl (C=O) groups is 1. The van der Waals surface area contributed by atoms with Crippen LogP contribution in [-0.2, 0) is 0 Å². The second-order valence-electron chi connectivity index (χ2n) is 6.08. The first-order valence-corrected chi connectivity index (χ1v) is 7.75. The minimum atomic E-state index is -0.439. The molecule has 1 aliphatic rings. The second-order valence-corrected chi connectivity index (χ2v) is 6.08. The minimum Gasteiger partial charge on any atom is -0.445 e. The minimum absolute atomic E-state index is 0.239. The zero-order chi connectivity index (χ0) is 16.4. The summed E-state index contributed by atoms with van der Waals surface area (Å²) >= 11 is 0. The summed E-state index contributed by atoms with van der Waals surface area (Å²) in [5.74, 6) is 0.860. The predicted octanol–water partition coefficient (Wildman–Crippen LogP) is 2.88. The van der Waals surface area contributed by atoms with Gasteiger partial charge in [0.2, 0.25) is 5.89 Å². The standard InChI is InChI=1S/C17H21N3O3/c1-11-3-4-13(16-18-7-8-23-16)9-14(11)19-17(22)20(2)10-15(21)12-5-6-12/h3-4,7-9,12,15,21H,5-6,10H2,1-2H3,(H,19,22). The maximum Gasteiger partial charge on any atom is 0.321 e. The SMILES string of the molecule is Cc1ccc(-c2ncco2)cc1NC(=O)N(C)CC(O)C1CC1. The van der Waals surface area contributed by atoms with Gasteiger partial charge < -0.3 is 19.7 Å². The topological polar surface area (TPSA) is 78.6 Å². The zero-order valence-corrected chi connectivity index (χ0v) is 13.3. The third-order valence-corrected chi connectivity index (χ3v) is 4.13. The van der Waals surface area contributed by atoms with Crippen molar-refractivity contribution in [1.82, 2.24) is 9.88 Å². The van der Waals surface area contributed by atoms with Gasteiger partial charge in [0.1, 0.15) is 6.26 Å². The highest BCUT2D eigenvalue weighted by atomic mass is 16.3. The molecule has 2 amide bonds. The molecule has 1 fully saturated rings. The van der Waals surface area contributed by atoms with Gasteiger partial charge in [0.05, 0.1) is 12.3 Å². The van der Waals surface area contributed by atoms with Gasteiger partial charge >= 0.3 is 6.03 Å². The number of rotatable bonds is 5. The number of hydrogen-bond acceptors (Lipinski definition) is 4.